The first-order chi connectivity index (χ1) is 12.2. The second-order valence-corrected chi connectivity index (χ2v) is 6.92. The summed E-state index contributed by atoms with van der Waals surface area (Å²) >= 11 is 5.77. The molecule has 0 spiro atoms. The molecule has 1 aromatic heterocycles. The van der Waals surface area contributed by atoms with Crippen LogP contribution in [-0.4, -0.2) is 28.1 Å². The van der Waals surface area contributed by atoms with E-state index in [1.54, 1.807) is 7.11 Å². The highest BCUT2D eigenvalue weighted by molar-refractivity contribution is 7.80. The van der Waals surface area contributed by atoms with Gasteiger partial charge in [0.15, 0.2) is 5.11 Å². The Balaban J connectivity index is 1.75. The lowest BCUT2D eigenvalue weighted by Gasteiger charge is -2.32. The molecule has 2 aromatic rings. The molecule has 0 radical (unpaired) electrons. The first-order valence-electron chi connectivity index (χ1n) is 8.78. The number of benzene rings is 1. The van der Waals surface area contributed by atoms with Crippen molar-refractivity contribution in [2.75, 3.05) is 12.4 Å². The van der Waals surface area contributed by atoms with Crippen LogP contribution in [0.25, 0.3) is 0 Å². The number of aromatic nitrogens is 1. The van der Waals surface area contributed by atoms with Crippen LogP contribution in [0.1, 0.15) is 36.8 Å². The van der Waals surface area contributed by atoms with Crippen LogP contribution in [0.4, 0.5) is 5.69 Å². The molecule has 0 bridgehead atoms. The van der Waals surface area contributed by atoms with Gasteiger partial charge in [0.05, 0.1) is 7.11 Å². The van der Waals surface area contributed by atoms with Gasteiger partial charge >= 0.3 is 0 Å². The Morgan fingerprint density at radius 2 is 1.96 bits per heavy atom. The van der Waals surface area contributed by atoms with Crippen molar-refractivity contribution >= 4 is 23.0 Å². The number of hydrogen-bond donors (Lipinski definition) is 1. The topological polar surface area (TPSA) is 37.4 Å². The minimum absolute atomic E-state index is 0.507. The molecule has 0 atom stereocenters. The molecule has 1 fully saturated rings. The van der Waals surface area contributed by atoms with E-state index in [9.17, 15) is 0 Å². The van der Waals surface area contributed by atoms with Crippen molar-refractivity contribution in [3.8, 4) is 5.75 Å². The van der Waals surface area contributed by atoms with Crippen LogP contribution in [0.15, 0.2) is 42.7 Å². The molecular weight excluding hydrogens is 330 g/mol. The largest absolute Gasteiger partial charge is 0.496 e. The molecule has 1 aliphatic carbocycles. The van der Waals surface area contributed by atoms with Gasteiger partial charge in [0.1, 0.15) is 5.75 Å². The molecule has 0 aliphatic heterocycles. The Morgan fingerprint density at radius 1 is 1.24 bits per heavy atom. The van der Waals surface area contributed by atoms with Gasteiger partial charge in [-0.3, -0.25) is 4.98 Å². The maximum absolute atomic E-state index is 5.77. The van der Waals surface area contributed by atoms with Gasteiger partial charge in [-0.1, -0.05) is 12.8 Å². The molecule has 5 heteroatoms. The smallest absolute Gasteiger partial charge is 0.173 e. The number of ether oxygens (including phenoxy) is 1. The van der Waals surface area contributed by atoms with Crippen molar-refractivity contribution in [2.24, 2.45) is 0 Å². The van der Waals surface area contributed by atoms with E-state index in [4.69, 9.17) is 17.0 Å². The van der Waals surface area contributed by atoms with E-state index in [1.807, 2.05) is 31.5 Å². The molecule has 4 nitrogen and oxygen atoms in total. The molecule has 3 rings (SSSR count). The molecule has 1 aromatic carbocycles. The summed E-state index contributed by atoms with van der Waals surface area (Å²) < 4.78 is 5.34. The highest BCUT2D eigenvalue weighted by atomic mass is 32.1. The maximum Gasteiger partial charge on any atom is 0.173 e. The number of anilines is 1. The number of pyridine rings is 1. The van der Waals surface area contributed by atoms with Gasteiger partial charge in [0.2, 0.25) is 0 Å². The highest BCUT2D eigenvalue weighted by Gasteiger charge is 2.25. The lowest BCUT2D eigenvalue weighted by molar-refractivity contribution is 0.312. The average molecular weight is 356 g/mol. The monoisotopic (exact) mass is 355 g/mol. The van der Waals surface area contributed by atoms with Crippen LogP contribution in [-0.2, 0) is 6.54 Å². The molecule has 1 aliphatic rings. The molecule has 25 heavy (non-hydrogen) atoms. The Morgan fingerprint density at radius 3 is 2.60 bits per heavy atom. The fraction of sp³-hybridized carbons (Fsp3) is 0.400. The van der Waals surface area contributed by atoms with Crippen molar-refractivity contribution in [3.05, 3.63) is 53.9 Å². The molecule has 0 saturated heterocycles. The summed E-state index contributed by atoms with van der Waals surface area (Å²) in [4.78, 5) is 6.44. The molecule has 1 saturated carbocycles. The van der Waals surface area contributed by atoms with Crippen molar-refractivity contribution in [1.82, 2.24) is 9.88 Å². The summed E-state index contributed by atoms with van der Waals surface area (Å²) in [7, 11) is 1.69. The number of thiocarbonyl (C=S) groups is 1. The van der Waals surface area contributed by atoms with Gasteiger partial charge in [0, 0.05) is 30.7 Å². The predicted octanol–water partition coefficient (Wildman–Crippen LogP) is 4.54. The standard InChI is InChI=1S/C20H25N3OS/c1-15-13-17(7-8-19(15)24-2)22-20(25)23(18-5-3-4-6-18)14-16-9-11-21-12-10-16/h7-13,18H,3-6,14H2,1-2H3,(H,22,25). The number of nitrogens with zero attached hydrogens (tertiary/aromatic N) is 2. The van der Waals surface area contributed by atoms with Crippen LogP contribution in [0.2, 0.25) is 0 Å². The van der Waals surface area contributed by atoms with Crippen molar-refractivity contribution < 1.29 is 4.74 Å². The summed E-state index contributed by atoms with van der Waals surface area (Å²) in [6.45, 7) is 2.85. The fourth-order valence-electron chi connectivity index (χ4n) is 3.42. The van der Waals surface area contributed by atoms with Crippen molar-refractivity contribution in [1.29, 1.82) is 0 Å². The van der Waals surface area contributed by atoms with Crippen LogP contribution < -0.4 is 10.1 Å². The Hall–Kier alpha value is -2.14. The van der Waals surface area contributed by atoms with E-state index in [1.165, 1.54) is 31.2 Å². The van der Waals surface area contributed by atoms with Gasteiger partial charge in [-0.05, 0) is 73.4 Å². The molecule has 132 valence electrons. The Labute approximate surface area is 155 Å². The zero-order valence-electron chi connectivity index (χ0n) is 14.9. The highest BCUT2D eigenvalue weighted by Crippen LogP contribution is 2.27. The minimum Gasteiger partial charge on any atom is -0.496 e. The summed E-state index contributed by atoms with van der Waals surface area (Å²) in [5, 5.41) is 4.20. The van der Waals surface area contributed by atoms with Crippen LogP contribution in [0, 0.1) is 6.92 Å². The third-order valence-corrected chi connectivity index (χ3v) is 5.11. The molecule has 1 N–H and O–H groups in total. The van der Waals surface area contributed by atoms with Crippen LogP contribution >= 0.6 is 12.2 Å². The fourth-order valence-corrected chi connectivity index (χ4v) is 3.75. The lowest BCUT2D eigenvalue weighted by Crippen LogP contribution is -2.41. The average Bonchev–Trinajstić information content (AvgIpc) is 3.15. The van der Waals surface area contributed by atoms with E-state index in [0.29, 0.717) is 6.04 Å². The SMILES string of the molecule is COc1ccc(NC(=S)N(Cc2ccncc2)C2CCCC2)cc1C. The van der Waals surface area contributed by atoms with E-state index < -0.39 is 0 Å². The third kappa shape index (κ3) is 4.48. The molecule has 1 heterocycles. The van der Waals surface area contributed by atoms with Gasteiger partial charge in [-0.2, -0.15) is 0 Å². The van der Waals surface area contributed by atoms with Gasteiger partial charge < -0.3 is 15.0 Å². The van der Waals surface area contributed by atoms with Crippen LogP contribution in [0.3, 0.4) is 0 Å². The van der Waals surface area contributed by atoms with E-state index in [-0.39, 0.29) is 0 Å². The Kier molecular flexibility index (Phi) is 5.87. The summed E-state index contributed by atoms with van der Waals surface area (Å²) in [5.41, 5.74) is 3.33. The number of nitrogens with one attached hydrogen (secondary N) is 1. The molecular formula is C20H25N3OS. The number of rotatable bonds is 5. The van der Waals surface area contributed by atoms with Crippen molar-refractivity contribution in [3.63, 3.8) is 0 Å². The van der Waals surface area contributed by atoms with E-state index >= 15 is 0 Å². The van der Waals surface area contributed by atoms with E-state index in [0.717, 1.165) is 28.7 Å². The van der Waals surface area contributed by atoms with Gasteiger partial charge in [-0.15, -0.1) is 0 Å². The number of aryl methyl sites for hydroxylation is 1. The summed E-state index contributed by atoms with van der Waals surface area (Å²) in [6, 6.07) is 10.7. The summed E-state index contributed by atoms with van der Waals surface area (Å²) in [6.07, 6.45) is 8.64. The number of methoxy groups -OCH3 is 1. The predicted molar refractivity (Wildman–Crippen MR) is 106 cm³/mol. The first kappa shape index (κ1) is 17.7. The zero-order valence-corrected chi connectivity index (χ0v) is 15.7. The molecule has 0 unspecified atom stereocenters. The minimum atomic E-state index is 0.507. The molecule has 0 amide bonds. The summed E-state index contributed by atoms with van der Waals surface area (Å²) in [5.74, 6) is 0.890. The van der Waals surface area contributed by atoms with Crippen LogP contribution in [0.5, 0.6) is 5.75 Å². The zero-order chi connectivity index (χ0) is 17.6. The van der Waals surface area contributed by atoms with Crippen molar-refractivity contribution in [2.45, 2.75) is 45.2 Å². The maximum atomic E-state index is 5.77. The van der Waals surface area contributed by atoms with Gasteiger partial charge in [-0.25, -0.2) is 0 Å². The lowest BCUT2D eigenvalue weighted by atomic mass is 10.1. The normalized spacial score (nSPS) is 14.3. The van der Waals surface area contributed by atoms with Gasteiger partial charge in [0.25, 0.3) is 0 Å². The van der Waals surface area contributed by atoms with E-state index in [2.05, 4.69) is 33.4 Å². The second kappa shape index (κ2) is 8.30. The number of hydrogen-bond acceptors (Lipinski definition) is 3. The second-order valence-electron chi connectivity index (χ2n) is 6.54. The first-order valence-corrected chi connectivity index (χ1v) is 9.19. The quantitative estimate of drug-likeness (QED) is 0.797. The third-order valence-electron chi connectivity index (χ3n) is 4.77. The Bertz CT molecular complexity index is 714.